The van der Waals surface area contributed by atoms with E-state index in [9.17, 15) is 14.7 Å². The molecule has 1 fully saturated rings. The van der Waals surface area contributed by atoms with E-state index in [1.807, 2.05) is 19.9 Å². The molecule has 1 heterocycles. The maximum absolute atomic E-state index is 13.3. The summed E-state index contributed by atoms with van der Waals surface area (Å²) in [6.45, 7) is 4.53. The molecular weight excluding hydrogens is 438 g/mol. The molecule has 8 nitrogen and oxygen atoms in total. The maximum atomic E-state index is 13.3. The fourth-order valence-corrected chi connectivity index (χ4v) is 4.09. The summed E-state index contributed by atoms with van der Waals surface area (Å²) in [5.41, 5.74) is 0.819. The van der Waals surface area contributed by atoms with Gasteiger partial charge in [-0.05, 0) is 50.1 Å². The zero-order chi connectivity index (χ0) is 24.8. The molecular formula is C26H31NO7. The molecule has 1 atom stereocenters. The number of rotatable bonds is 10. The number of ether oxygens (including phenoxy) is 4. The minimum absolute atomic E-state index is 0.0353. The molecule has 1 aliphatic rings. The minimum Gasteiger partial charge on any atom is -0.506 e. The fraction of sp³-hybridized carbons (Fsp3) is 0.385. The third-order valence-corrected chi connectivity index (χ3v) is 5.50. The molecule has 2 aromatic rings. The Morgan fingerprint density at radius 1 is 1.03 bits per heavy atom. The number of Topliss-reactive ketones (excluding diaryl/α,β-unsaturated/α-hetero) is 1. The van der Waals surface area contributed by atoms with Gasteiger partial charge < -0.3 is 29.0 Å². The molecule has 1 N–H and O–H groups in total. The Hall–Kier alpha value is -3.52. The number of amides is 1. The summed E-state index contributed by atoms with van der Waals surface area (Å²) >= 11 is 0. The zero-order valence-corrected chi connectivity index (χ0v) is 20.2. The smallest absolute Gasteiger partial charge is 0.295 e. The molecule has 0 spiro atoms. The van der Waals surface area contributed by atoms with Crippen molar-refractivity contribution in [1.82, 2.24) is 4.90 Å². The van der Waals surface area contributed by atoms with E-state index in [-0.39, 0.29) is 29.5 Å². The normalized spacial score (nSPS) is 17.4. The predicted octanol–water partition coefficient (Wildman–Crippen LogP) is 3.95. The van der Waals surface area contributed by atoms with E-state index in [4.69, 9.17) is 18.9 Å². The average Bonchev–Trinajstić information content (AvgIpc) is 3.08. The Morgan fingerprint density at radius 3 is 2.26 bits per heavy atom. The number of methoxy groups -OCH3 is 3. The van der Waals surface area contributed by atoms with E-state index in [0.717, 1.165) is 0 Å². The van der Waals surface area contributed by atoms with Crippen molar-refractivity contribution in [2.24, 2.45) is 0 Å². The highest BCUT2D eigenvalue weighted by molar-refractivity contribution is 6.46. The SMILES string of the molecule is COCCCN1C(=O)C(=O)/C(=C(/O)c2c(OC)cccc2OC)C1c1cccc(OC(C)C)c1. The summed E-state index contributed by atoms with van der Waals surface area (Å²) < 4.78 is 21.8. The van der Waals surface area contributed by atoms with E-state index in [0.29, 0.717) is 35.8 Å². The third-order valence-electron chi connectivity index (χ3n) is 5.50. The van der Waals surface area contributed by atoms with E-state index in [1.54, 1.807) is 43.5 Å². The first-order valence-electron chi connectivity index (χ1n) is 11.1. The monoisotopic (exact) mass is 469 g/mol. The van der Waals surface area contributed by atoms with Crippen molar-refractivity contribution in [2.45, 2.75) is 32.4 Å². The van der Waals surface area contributed by atoms with Crippen molar-refractivity contribution in [3.05, 3.63) is 59.2 Å². The largest absolute Gasteiger partial charge is 0.506 e. The van der Waals surface area contributed by atoms with Gasteiger partial charge in [0.05, 0.1) is 31.9 Å². The van der Waals surface area contributed by atoms with Crippen LogP contribution in [0.25, 0.3) is 5.76 Å². The minimum atomic E-state index is -0.817. The van der Waals surface area contributed by atoms with Crippen molar-refractivity contribution < 1.29 is 33.6 Å². The molecule has 0 aliphatic carbocycles. The quantitative estimate of drug-likeness (QED) is 0.244. The summed E-state index contributed by atoms with van der Waals surface area (Å²) in [5.74, 6) is -0.585. The van der Waals surface area contributed by atoms with E-state index >= 15 is 0 Å². The summed E-state index contributed by atoms with van der Waals surface area (Å²) in [7, 11) is 4.49. The molecule has 0 saturated carbocycles. The molecule has 1 aliphatic heterocycles. The fourth-order valence-electron chi connectivity index (χ4n) is 4.09. The molecule has 0 aromatic heterocycles. The van der Waals surface area contributed by atoms with Crippen LogP contribution in [0.5, 0.6) is 17.2 Å². The van der Waals surface area contributed by atoms with Gasteiger partial charge in [0.25, 0.3) is 11.7 Å². The van der Waals surface area contributed by atoms with Gasteiger partial charge in [0.15, 0.2) is 0 Å². The number of benzene rings is 2. The maximum Gasteiger partial charge on any atom is 0.295 e. The molecule has 1 amide bonds. The summed E-state index contributed by atoms with van der Waals surface area (Å²) in [6.07, 6.45) is 0.474. The lowest BCUT2D eigenvalue weighted by molar-refractivity contribution is -0.140. The number of carbonyl (C=O) groups excluding carboxylic acids is 2. The molecule has 3 rings (SSSR count). The number of ketones is 1. The van der Waals surface area contributed by atoms with Gasteiger partial charge in [-0.2, -0.15) is 0 Å². The molecule has 0 radical (unpaired) electrons. The number of likely N-dealkylation sites (tertiary alicyclic amines) is 1. The second-order valence-electron chi connectivity index (χ2n) is 8.12. The van der Waals surface area contributed by atoms with Crippen molar-refractivity contribution >= 4 is 17.4 Å². The lowest BCUT2D eigenvalue weighted by atomic mass is 9.94. The zero-order valence-electron chi connectivity index (χ0n) is 20.2. The summed E-state index contributed by atoms with van der Waals surface area (Å²) in [5, 5.41) is 11.4. The number of carbonyl (C=O) groups is 2. The van der Waals surface area contributed by atoms with Crippen LogP contribution in [0.2, 0.25) is 0 Å². The van der Waals surface area contributed by atoms with Gasteiger partial charge in [0.2, 0.25) is 0 Å². The lowest BCUT2D eigenvalue weighted by Crippen LogP contribution is -2.31. The van der Waals surface area contributed by atoms with Gasteiger partial charge in [-0.15, -0.1) is 0 Å². The van der Waals surface area contributed by atoms with Gasteiger partial charge >= 0.3 is 0 Å². The first-order chi connectivity index (χ1) is 16.3. The predicted molar refractivity (Wildman–Crippen MR) is 127 cm³/mol. The molecule has 182 valence electrons. The van der Waals surface area contributed by atoms with Crippen molar-refractivity contribution in [3.8, 4) is 17.2 Å². The number of nitrogens with zero attached hydrogens (tertiary/aromatic N) is 1. The van der Waals surface area contributed by atoms with Crippen molar-refractivity contribution in [1.29, 1.82) is 0 Å². The van der Waals surface area contributed by atoms with E-state index in [1.165, 1.54) is 19.1 Å². The van der Waals surface area contributed by atoms with Crippen LogP contribution in [-0.4, -0.2) is 62.3 Å². The number of aliphatic hydroxyl groups excluding tert-OH is 1. The number of hydrogen-bond acceptors (Lipinski definition) is 7. The standard InChI is InChI=1S/C26H31NO7/c1-16(2)34-18-10-6-9-17(15-18)23-22(25(29)26(30)27(23)13-8-14-31-3)24(28)21-19(32-4)11-7-12-20(21)33-5/h6-7,9-12,15-16,23,28H,8,13-14H2,1-5H3/b24-22+. The summed E-state index contributed by atoms with van der Waals surface area (Å²) in [6, 6.07) is 11.4. The number of aliphatic hydroxyl groups is 1. The third kappa shape index (κ3) is 5.02. The lowest BCUT2D eigenvalue weighted by Gasteiger charge is -2.26. The highest BCUT2D eigenvalue weighted by Gasteiger charge is 2.46. The van der Waals surface area contributed by atoms with Crippen LogP contribution in [0.4, 0.5) is 0 Å². The van der Waals surface area contributed by atoms with Gasteiger partial charge in [0, 0.05) is 20.3 Å². The molecule has 8 heteroatoms. The topological polar surface area (TPSA) is 94.5 Å². The van der Waals surface area contributed by atoms with Crippen LogP contribution in [0.3, 0.4) is 0 Å². The number of hydrogen-bond donors (Lipinski definition) is 1. The van der Waals surface area contributed by atoms with Crippen molar-refractivity contribution in [2.75, 3.05) is 34.5 Å². The molecule has 2 aromatic carbocycles. The van der Waals surface area contributed by atoms with Crippen molar-refractivity contribution in [3.63, 3.8) is 0 Å². The Bertz CT molecular complexity index is 1050. The van der Waals surface area contributed by atoms with E-state index in [2.05, 4.69) is 0 Å². The highest BCUT2D eigenvalue weighted by atomic mass is 16.5. The average molecular weight is 470 g/mol. The van der Waals surface area contributed by atoms with Gasteiger partial charge in [-0.1, -0.05) is 18.2 Å². The first kappa shape index (κ1) is 25.1. The van der Waals surface area contributed by atoms with Crippen LogP contribution < -0.4 is 14.2 Å². The molecule has 0 bridgehead atoms. The van der Waals surface area contributed by atoms with E-state index < -0.39 is 17.7 Å². The molecule has 1 saturated heterocycles. The van der Waals surface area contributed by atoms with Gasteiger partial charge in [0.1, 0.15) is 28.6 Å². The van der Waals surface area contributed by atoms with Crippen LogP contribution in [0.15, 0.2) is 48.0 Å². The van der Waals surface area contributed by atoms with Crippen LogP contribution in [-0.2, 0) is 14.3 Å². The molecule has 1 unspecified atom stereocenters. The molecule has 34 heavy (non-hydrogen) atoms. The van der Waals surface area contributed by atoms with Gasteiger partial charge in [-0.3, -0.25) is 9.59 Å². The van der Waals surface area contributed by atoms with Crippen LogP contribution in [0.1, 0.15) is 37.4 Å². The van der Waals surface area contributed by atoms with Gasteiger partial charge in [-0.25, -0.2) is 0 Å². The van der Waals surface area contributed by atoms with Crippen LogP contribution >= 0.6 is 0 Å². The highest BCUT2D eigenvalue weighted by Crippen LogP contribution is 2.43. The Labute approximate surface area is 199 Å². The van der Waals surface area contributed by atoms with Crippen LogP contribution in [0, 0.1) is 0 Å². The Balaban J connectivity index is 2.22. The summed E-state index contributed by atoms with van der Waals surface area (Å²) in [4.78, 5) is 27.8. The second-order valence-corrected chi connectivity index (χ2v) is 8.12. The Kier molecular flexibility index (Phi) is 8.17. The Morgan fingerprint density at radius 2 is 1.68 bits per heavy atom. The first-order valence-corrected chi connectivity index (χ1v) is 11.1. The second kappa shape index (κ2) is 11.1.